The molecule has 4 rings (SSSR count). The van der Waals surface area contributed by atoms with E-state index in [-0.39, 0.29) is 12.5 Å². The number of rotatable bonds is 8. The molecule has 2 aromatic carbocycles. The first-order valence-corrected chi connectivity index (χ1v) is 10.6. The molecule has 0 heterocycles. The number of hydrogen-bond acceptors (Lipinski definition) is 5. The van der Waals surface area contributed by atoms with Crippen molar-refractivity contribution in [1.29, 1.82) is 0 Å². The minimum absolute atomic E-state index is 0.0237. The number of carboxylic acid groups (broad SMARTS) is 1. The maximum atomic E-state index is 13.6. The number of esters is 1. The standard InChI is InChI=1S/C25H25NO6/c1-2-15-31-24(30)26-25(14-13-18-19(20(18)25)22(27)28)23(29)32-21(16-9-5-3-6-10-16)17-11-7-4-8-12-17/h2-12,18-21H,1,13-15H2,(H,26,30)(H,27,28)/t18-,19-,20-,25-/m0/s1. The minimum Gasteiger partial charge on any atom is -0.481 e. The predicted molar refractivity (Wildman–Crippen MR) is 116 cm³/mol. The summed E-state index contributed by atoms with van der Waals surface area (Å²) in [4.78, 5) is 37.7. The number of ether oxygens (including phenoxy) is 2. The van der Waals surface area contributed by atoms with Crippen molar-refractivity contribution in [2.24, 2.45) is 17.8 Å². The molecule has 2 saturated carbocycles. The number of carboxylic acids is 1. The number of nitrogens with one attached hydrogen (secondary N) is 1. The summed E-state index contributed by atoms with van der Waals surface area (Å²) in [6.07, 6.45) is 0.730. The molecule has 1 amide bonds. The Morgan fingerprint density at radius 2 is 1.69 bits per heavy atom. The quantitative estimate of drug-likeness (QED) is 0.484. The monoisotopic (exact) mass is 435 g/mol. The first kappa shape index (κ1) is 21.6. The van der Waals surface area contributed by atoms with Crippen molar-refractivity contribution in [2.75, 3.05) is 6.61 Å². The molecule has 2 aliphatic carbocycles. The van der Waals surface area contributed by atoms with Gasteiger partial charge in [-0.05, 0) is 29.9 Å². The van der Waals surface area contributed by atoms with Crippen molar-refractivity contribution in [1.82, 2.24) is 5.32 Å². The molecule has 0 bridgehead atoms. The van der Waals surface area contributed by atoms with Crippen molar-refractivity contribution < 1.29 is 29.0 Å². The summed E-state index contributed by atoms with van der Waals surface area (Å²) < 4.78 is 11.1. The molecule has 0 aromatic heterocycles. The zero-order chi connectivity index (χ0) is 22.7. The van der Waals surface area contributed by atoms with Crippen molar-refractivity contribution in [2.45, 2.75) is 24.5 Å². The fourth-order valence-electron chi connectivity index (χ4n) is 4.89. The van der Waals surface area contributed by atoms with Gasteiger partial charge in [0, 0.05) is 5.92 Å². The van der Waals surface area contributed by atoms with E-state index in [4.69, 9.17) is 9.47 Å². The highest BCUT2D eigenvalue weighted by molar-refractivity contribution is 5.90. The Morgan fingerprint density at radius 1 is 1.09 bits per heavy atom. The minimum atomic E-state index is -1.45. The fraction of sp³-hybridized carbons (Fsp3) is 0.320. The van der Waals surface area contributed by atoms with E-state index in [1.807, 2.05) is 60.7 Å². The number of benzene rings is 2. The van der Waals surface area contributed by atoms with Gasteiger partial charge >= 0.3 is 18.0 Å². The third kappa shape index (κ3) is 3.98. The number of aliphatic carboxylic acids is 1. The van der Waals surface area contributed by atoms with Crippen LogP contribution in [0.1, 0.15) is 30.1 Å². The largest absolute Gasteiger partial charge is 0.481 e. The zero-order valence-electron chi connectivity index (χ0n) is 17.5. The van der Waals surface area contributed by atoms with Crippen LogP contribution in [-0.2, 0) is 19.1 Å². The number of amides is 1. The second-order valence-electron chi connectivity index (χ2n) is 8.18. The van der Waals surface area contributed by atoms with Gasteiger partial charge in [0.25, 0.3) is 0 Å². The van der Waals surface area contributed by atoms with E-state index in [0.717, 1.165) is 11.1 Å². The Labute approximate surface area is 186 Å². The van der Waals surface area contributed by atoms with E-state index < -0.39 is 41.5 Å². The molecule has 4 atom stereocenters. The van der Waals surface area contributed by atoms with Crippen LogP contribution >= 0.6 is 0 Å². The highest BCUT2D eigenvalue weighted by atomic mass is 16.6. The predicted octanol–water partition coefficient (Wildman–Crippen LogP) is 3.71. The lowest BCUT2D eigenvalue weighted by molar-refractivity contribution is -0.157. The van der Waals surface area contributed by atoms with Crippen molar-refractivity contribution >= 4 is 18.0 Å². The third-order valence-electron chi connectivity index (χ3n) is 6.35. The summed E-state index contributed by atoms with van der Waals surface area (Å²) in [5, 5.41) is 12.2. The molecular formula is C25H25NO6. The van der Waals surface area contributed by atoms with Crippen LogP contribution in [0.3, 0.4) is 0 Å². The summed E-state index contributed by atoms with van der Waals surface area (Å²) in [6.45, 7) is 3.48. The molecule has 0 unspecified atom stereocenters. The number of carbonyl (C=O) groups excluding carboxylic acids is 2. The SMILES string of the molecule is C=CCOC(=O)N[C@@]1(C(=O)OC(c2ccccc2)c2ccccc2)CC[C@H]2[C@H](C(=O)O)[C@H]21. The van der Waals surface area contributed by atoms with Crippen molar-refractivity contribution in [3.05, 3.63) is 84.4 Å². The van der Waals surface area contributed by atoms with Crippen molar-refractivity contribution in [3.8, 4) is 0 Å². The number of hydrogen-bond donors (Lipinski definition) is 2. The van der Waals surface area contributed by atoms with Crippen LogP contribution in [0, 0.1) is 17.8 Å². The Morgan fingerprint density at radius 3 is 2.19 bits per heavy atom. The molecular weight excluding hydrogens is 410 g/mol. The van der Waals surface area contributed by atoms with Gasteiger partial charge in [-0.1, -0.05) is 73.3 Å². The Bertz CT molecular complexity index is 968. The average Bonchev–Trinajstić information content (AvgIpc) is 3.45. The van der Waals surface area contributed by atoms with E-state index in [2.05, 4.69) is 11.9 Å². The number of fused-ring (bicyclic) bond motifs is 1. The van der Waals surface area contributed by atoms with Crippen LogP contribution in [0.2, 0.25) is 0 Å². The first-order valence-electron chi connectivity index (χ1n) is 10.6. The van der Waals surface area contributed by atoms with E-state index >= 15 is 0 Å². The second-order valence-corrected chi connectivity index (χ2v) is 8.18. The smallest absolute Gasteiger partial charge is 0.408 e. The van der Waals surface area contributed by atoms with Crippen LogP contribution in [0.25, 0.3) is 0 Å². The second kappa shape index (κ2) is 8.86. The Balaban J connectivity index is 1.65. The van der Waals surface area contributed by atoms with Crippen LogP contribution in [-0.4, -0.2) is 35.3 Å². The molecule has 2 aliphatic rings. The van der Waals surface area contributed by atoms with Crippen LogP contribution in [0.15, 0.2) is 73.3 Å². The molecule has 7 nitrogen and oxygen atoms in total. The van der Waals surface area contributed by atoms with Crippen molar-refractivity contribution in [3.63, 3.8) is 0 Å². The molecule has 166 valence electrons. The van der Waals surface area contributed by atoms with E-state index in [9.17, 15) is 19.5 Å². The molecule has 7 heteroatoms. The van der Waals surface area contributed by atoms with Gasteiger partial charge in [0.15, 0.2) is 6.10 Å². The van der Waals surface area contributed by atoms with Gasteiger partial charge in [-0.25, -0.2) is 9.59 Å². The highest BCUT2D eigenvalue weighted by Gasteiger charge is 2.72. The van der Waals surface area contributed by atoms with Gasteiger partial charge in [0.05, 0.1) is 5.92 Å². The first-order chi connectivity index (χ1) is 15.5. The number of alkyl carbamates (subject to hydrolysis) is 1. The summed E-state index contributed by atoms with van der Waals surface area (Å²) >= 11 is 0. The fourth-order valence-corrected chi connectivity index (χ4v) is 4.89. The Kier molecular flexibility index (Phi) is 5.99. The molecule has 32 heavy (non-hydrogen) atoms. The van der Waals surface area contributed by atoms with Gasteiger partial charge in [-0.15, -0.1) is 0 Å². The van der Waals surface area contributed by atoms with Gasteiger partial charge < -0.3 is 19.9 Å². The molecule has 2 fully saturated rings. The maximum Gasteiger partial charge on any atom is 0.408 e. The summed E-state index contributed by atoms with van der Waals surface area (Å²) in [7, 11) is 0. The lowest BCUT2D eigenvalue weighted by Crippen LogP contribution is -2.57. The van der Waals surface area contributed by atoms with Gasteiger partial charge in [-0.3, -0.25) is 4.79 Å². The zero-order valence-corrected chi connectivity index (χ0v) is 17.5. The lowest BCUT2D eigenvalue weighted by atomic mass is 9.90. The normalized spacial score (nSPS) is 25.5. The van der Waals surface area contributed by atoms with Gasteiger partial charge in [0.1, 0.15) is 12.1 Å². The average molecular weight is 435 g/mol. The van der Waals surface area contributed by atoms with Gasteiger partial charge in [-0.2, -0.15) is 0 Å². The van der Waals surface area contributed by atoms with Gasteiger partial charge in [0.2, 0.25) is 0 Å². The number of carbonyl (C=O) groups is 3. The summed E-state index contributed by atoms with van der Waals surface area (Å²) in [6, 6.07) is 18.6. The third-order valence-corrected chi connectivity index (χ3v) is 6.35. The summed E-state index contributed by atoms with van der Waals surface area (Å²) in [5.41, 5.74) is 0.0986. The van der Waals surface area contributed by atoms with E-state index in [1.54, 1.807) is 0 Å². The Hall–Kier alpha value is -3.61. The molecule has 2 aromatic rings. The molecule has 0 spiro atoms. The van der Waals surface area contributed by atoms with Crippen LogP contribution < -0.4 is 5.32 Å². The highest BCUT2D eigenvalue weighted by Crippen LogP contribution is 2.63. The van der Waals surface area contributed by atoms with E-state index in [1.165, 1.54) is 6.08 Å². The van der Waals surface area contributed by atoms with Crippen LogP contribution in [0.5, 0.6) is 0 Å². The van der Waals surface area contributed by atoms with E-state index in [0.29, 0.717) is 12.8 Å². The topological polar surface area (TPSA) is 102 Å². The lowest BCUT2D eigenvalue weighted by Gasteiger charge is -2.32. The molecule has 0 aliphatic heterocycles. The molecule has 2 N–H and O–H groups in total. The molecule has 0 saturated heterocycles. The molecule has 0 radical (unpaired) electrons. The summed E-state index contributed by atoms with van der Waals surface area (Å²) in [5.74, 6) is -3.02. The maximum absolute atomic E-state index is 13.6. The van der Waals surface area contributed by atoms with Crippen LogP contribution in [0.4, 0.5) is 4.79 Å².